The van der Waals surface area contributed by atoms with Crippen molar-refractivity contribution in [2.75, 3.05) is 0 Å². The van der Waals surface area contributed by atoms with Crippen LogP contribution in [0, 0.1) is 11.3 Å². The van der Waals surface area contributed by atoms with Crippen LogP contribution in [0.3, 0.4) is 0 Å². The first kappa shape index (κ1) is 22.1. The Morgan fingerprint density at radius 1 is 1.17 bits per heavy atom. The van der Waals surface area contributed by atoms with Crippen molar-refractivity contribution in [3.63, 3.8) is 0 Å². The number of amides is 1. The highest BCUT2D eigenvalue weighted by atomic mass is 35.5. The lowest BCUT2D eigenvalue weighted by molar-refractivity contribution is -0.117. The smallest absolute Gasteiger partial charge is 0.262 e. The maximum atomic E-state index is 12.3. The average molecular weight is 448 g/mol. The summed E-state index contributed by atoms with van der Waals surface area (Å²) in [5, 5.41) is 12.7. The van der Waals surface area contributed by atoms with Crippen LogP contribution in [0.2, 0.25) is 5.02 Å². The summed E-state index contributed by atoms with van der Waals surface area (Å²) < 4.78 is 32.6. The molecule has 7 nitrogen and oxygen atoms in total. The average Bonchev–Trinajstić information content (AvgIpc) is 3.19. The first-order valence-electron chi connectivity index (χ1n) is 9.64. The highest BCUT2D eigenvalue weighted by Gasteiger charge is 2.19. The second-order valence-corrected chi connectivity index (χ2v) is 9.26. The first-order chi connectivity index (χ1) is 14.4. The van der Waals surface area contributed by atoms with E-state index < -0.39 is 15.9 Å². The van der Waals surface area contributed by atoms with E-state index in [1.54, 1.807) is 12.1 Å². The van der Waals surface area contributed by atoms with Crippen molar-refractivity contribution >= 4 is 33.6 Å². The van der Waals surface area contributed by atoms with Crippen LogP contribution in [0.1, 0.15) is 43.6 Å². The number of furan rings is 1. The maximum Gasteiger partial charge on any atom is 0.262 e. The number of nitriles is 1. The van der Waals surface area contributed by atoms with Gasteiger partial charge in [-0.15, -0.1) is 0 Å². The number of benzene rings is 1. The molecule has 1 heterocycles. The predicted octanol–water partition coefficient (Wildman–Crippen LogP) is 3.77. The van der Waals surface area contributed by atoms with Crippen LogP contribution >= 0.6 is 11.6 Å². The predicted molar refractivity (Wildman–Crippen MR) is 113 cm³/mol. The third kappa shape index (κ3) is 5.95. The fraction of sp³-hybridized carbons (Fsp3) is 0.333. The molecule has 0 bridgehead atoms. The number of hydrogen-bond donors (Lipinski definition) is 2. The van der Waals surface area contributed by atoms with Gasteiger partial charge in [-0.2, -0.15) is 5.26 Å². The molecule has 30 heavy (non-hydrogen) atoms. The number of sulfonamides is 1. The highest BCUT2D eigenvalue weighted by molar-refractivity contribution is 7.89. The molecule has 0 saturated heterocycles. The van der Waals surface area contributed by atoms with E-state index in [9.17, 15) is 18.5 Å². The number of carbonyl (C=O) groups is 1. The molecule has 0 aliphatic heterocycles. The highest BCUT2D eigenvalue weighted by Crippen LogP contribution is 2.19. The van der Waals surface area contributed by atoms with Gasteiger partial charge in [0.1, 0.15) is 23.2 Å². The molecule has 1 aromatic heterocycles. The van der Waals surface area contributed by atoms with Gasteiger partial charge in [0.15, 0.2) is 0 Å². The Bertz CT molecular complexity index is 1060. The Morgan fingerprint density at radius 2 is 1.87 bits per heavy atom. The Kier molecular flexibility index (Phi) is 7.32. The maximum absolute atomic E-state index is 12.3. The molecule has 1 saturated carbocycles. The number of nitrogens with zero attached hydrogens (tertiary/aromatic N) is 1. The summed E-state index contributed by atoms with van der Waals surface area (Å²) in [7, 11) is -3.72. The molecular weight excluding hydrogens is 426 g/mol. The fourth-order valence-corrected chi connectivity index (χ4v) is 4.35. The number of nitrogens with one attached hydrogen (secondary N) is 2. The molecule has 1 aliphatic carbocycles. The third-order valence-corrected chi connectivity index (χ3v) is 6.50. The third-order valence-electron chi connectivity index (χ3n) is 4.83. The van der Waals surface area contributed by atoms with Gasteiger partial charge in [0.25, 0.3) is 5.91 Å². The first-order valence-corrected chi connectivity index (χ1v) is 11.5. The molecule has 1 fully saturated rings. The number of carbonyl (C=O) groups excluding carboxylic acids is 1. The minimum atomic E-state index is -3.72. The van der Waals surface area contributed by atoms with Crippen molar-refractivity contribution in [1.29, 1.82) is 5.26 Å². The van der Waals surface area contributed by atoms with Crippen LogP contribution in [0.4, 0.5) is 0 Å². The van der Waals surface area contributed by atoms with Crippen molar-refractivity contribution in [2.24, 2.45) is 0 Å². The van der Waals surface area contributed by atoms with E-state index in [1.807, 2.05) is 6.07 Å². The quantitative estimate of drug-likeness (QED) is 0.495. The molecule has 1 aromatic carbocycles. The zero-order valence-electron chi connectivity index (χ0n) is 16.2. The lowest BCUT2D eigenvalue weighted by Crippen LogP contribution is -2.36. The van der Waals surface area contributed by atoms with Crippen LogP contribution in [0.15, 0.2) is 51.3 Å². The summed E-state index contributed by atoms with van der Waals surface area (Å²) in [6, 6.07) is 11.0. The van der Waals surface area contributed by atoms with Gasteiger partial charge in [-0.1, -0.05) is 30.9 Å². The van der Waals surface area contributed by atoms with Gasteiger partial charge < -0.3 is 9.73 Å². The molecule has 0 unspecified atom stereocenters. The summed E-state index contributed by atoms with van der Waals surface area (Å²) in [5.41, 5.74) is -0.0526. The van der Waals surface area contributed by atoms with Crippen molar-refractivity contribution in [2.45, 2.75) is 49.6 Å². The number of halogens is 1. The molecule has 1 amide bonds. The van der Waals surface area contributed by atoms with Gasteiger partial charge in [-0.05, 0) is 49.2 Å². The number of rotatable bonds is 7. The van der Waals surface area contributed by atoms with Gasteiger partial charge in [-0.25, -0.2) is 13.1 Å². The van der Waals surface area contributed by atoms with E-state index in [1.165, 1.54) is 36.8 Å². The topological polar surface area (TPSA) is 112 Å². The van der Waals surface area contributed by atoms with Crippen molar-refractivity contribution in [3.8, 4) is 6.07 Å². The minimum absolute atomic E-state index is 0.0526. The molecule has 158 valence electrons. The van der Waals surface area contributed by atoms with Gasteiger partial charge in [0.05, 0.1) is 11.4 Å². The van der Waals surface area contributed by atoms with E-state index in [-0.39, 0.29) is 23.1 Å². The lowest BCUT2D eigenvalue weighted by Gasteiger charge is -2.22. The van der Waals surface area contributed by atoms with Gasteiger partial charge in [0.2, 0.25) is 10.0 Å². The normalized spacial score (nSPS) is 15.5. The molecule has 0 atom stereocenters. The van der Waals surface area contributed by atoms with Crippen LogP contribution in [0.25, 0.3) is 6.08 Å². The second-order valence-electron chi connectivity index (χ2n) is 7.06. The summed E-state index contributed by atoms with van der Waals surface area (Å²) >= 11 is 5.78. The standard InChI is InChI=1S/C21H22ClN3O4S/c22-16-6-10-20(11-7-16)30(27,28)24-14-19-9-8-18(29-19)12-15(13-23)21(26)25-17-4-2-1-3-5-17/h6-12,17,24H,1-5,14H2,(H,25,26)/b15-12+. The van der Waals surface area contributed by atoms with E-state index >= 15 is 0 Å². The minimum Gasteiger partial charge on any atom is -0.460 e. The van der Waals surface area contributed by atoms with E-state index in [0.29, 0.717) is 16.5 Å². The Labute approximate surface area is 180 Å². The molecule has 2 N–H and O–H groups in total. The SMILES string of the molecule is N#C/C(=C\c1ccc(CNS(=O)(=O)c2ccc(Cl)cc2)o1)C(=O)NC1CCCCC1. The van der Waals surface area contributed by atoms with E-state index in [4.69, 9.17) is 16.0 Å². The monoisotopic (exact) mass is 447 g/mol. The molecule has 2 aromatic rings. The van der Waals surface area contributed by atoms with Gasteiger partial charge in [-0.3, -0.25) is 4.79 Å². The summed E-state index contributed by atoms with van der Waals surface area (Å²) in [5.74, 6) is 0.223. The molecule has 3 rings (SSSR count). The molecule has 0 spiro atoms. The van der Waals surface area contributed by atoms with Crippen LogP contribution < -0.4 is 10.0 Å². The second kappa shape index (κ2) is 9.94. The number of hydrogen-bond acceptors (Lipinski definition) is 5. The van der Waals surface area contributed by atoms with E-state index in [0.717, 1.165) is 25.7 Å². The van der Waals surface area contributed by atoms with E-state index in [2.05, 4.69) is 10.0 Å². The van der Waals surface area contributed by atoms with Gasteiger partial charge >= 0.3 is 0 Å². The van der Waals surface area contributed by atoms with Crippen molar-refractivity contribution in [3.05, 3.63) is 58.5 Å². The summed E-state index contributed by atoms with van der Waals surface area (Å²) in [6.07, 6.45) is 6.51. The molecule has 9 heteroatoms. The van der Waals surface area contributed by atoms with Crippen LogP contribution in [-0.4, -0.2) is 20.4 Å². The van der Waals surface area contributed by atoms with Crippen molar-refractivity contribution < 1.29 is 17.6 Å². The Hall–Kier alpha value is -2.60. The zero-order chi connectivity index (χ0) is 21.6. The molecular formula is C21H22ClN3O4S. The van der Waals surface area contributed by atoms with Crippen molar-refractivity contribution in [1.82, 2.24) is 10.0 Å². The molecule has 0 radical (unpaired) electrons. The molecule has 1 aliphatic rings. The van der Waals surface area contributed by atoms with Crippen LogP contribution in [-0.2, 0) is 21.4 Å². The summed E-state index contributed by atoms with van der Waals surface area (Å²) in [4.78, 5) is 12.4. The summed E-state index contributed by atoms with van der Waals surface area (Å²) in [6.45, 7) is -0.0744. The Morgan fingerprint density at radius 3 is 2.53 bits per heavy atom. The van der Waals surface area contributed by atoms with Crippen LogP contribution in [0.5, 0.6) is 0 Å². The van der Waals surface area contributed by atoms with Gasteiger partial charge in [0, 0.05) is 17.1 Å². The largest absolute Gasteiger partial charge is 0.460 e. The lowest BCUT2D eigenvalue weighted by atomic mass is 9.95. The Balaban J connectivity index is 1.62. The fourth-order valence-electron chi connectivity index (χ4n) is 3.23. The zero-order valence-corrected chi connectivity index (χ0v) is 17.8.